The van der Waals surface area contributed by atoms with Gasteiger partial charge in [0.1, 0.15) is 11.9 Å². The fourth-order valence-electron chi connectivity index (χ4n) is 2.58. The summed E-state index contributed by atoms with van der Waals surface area (Å²) in [6.45, 7) is 12.8. The van der Waals surface area contributed by atoms with E-state index in [9.17, 15) is 9.59 Å². The Morgan fingerprint density at radius 2 is 2.00 bits per heavy atom. The molecule has 2 rings (SSSR count). The van der Waals surface area contributed by atoms with Gasteiger partial charge in [0.2, 0.25) is 0 Å². The lowest BCUT2D eigenvalue weighted by molar-refractivity contribution is -0.110. The smallest absolute Gasteiger partial charge is 0.410 e. The lowest BCUT2D eigenvalue weighted by Crippen LogP contribution is -2.36. The number of benzene rings is 1. The van der Waals surface area contributed by atoms with Crippen LogP contribution >= 0.6 is 0 Å². The van der Waals surface area contributed by atoms with Crippen LogP contribution in [0.25, 0.3) is 4.85 Å². The lowest BCUT2D eigenvalue weighted by Gasteiger charge is -2.28. The molecule has 0 saturated carbocycles. The van der Waals surface area contributed by atoms with Crippen molar-refractivity contribution in [1.82, 2.24) is 4.90 Å². The standard InChI is InChI=1S/C17H20N2O3/c1-17(2,3)22-16(21)19-10-12(11-20)9-15(19)13-5-7-14(18-4)8-6-13/h5-8,11-12,15H,9-10H2,1-3H3. The molecule has 0 radical (unpaired) electrons. The molecule has 5 heteroatoms. The lowest BCUT2D eigenvalue weighted by atomic mass is 10.0. The number of ether oxygens (including phenoxy) is 1. The fraction of sp³-hybridized carbons (Fsp3) is 0.471. The number of carbonyl (C=O) groups excluding carboxylic acids is 2. The third-order valence-electron chi connectivity index (χ3n) is 3.56. The van der Waals surface area contributed by atoms with Crippen LogP contribution in [0, 0.1) is 12.5 Å². The van der Waals surface area contributed by atoms with Crippen molar-refractivity contribution in [3.05, 3.63) is 41.2 Å². The second-order valence-electron chi connectivity index (χ2n) is 6.48. The minimum Gasteiger partial charge on any atom is -0.444 e. The van der Waals surface area contributed by atoms with Crippen LogP contribution in [0.3, 0.4) is 0 Å². The molecular formula is C17H20N2O3. The predicted molar refractivity (Wildman–Crippen MR) is 82.6 cm³/mol. The summed E-state index contributed by atoms with van der Waals surface area (Å²) in [4.78, 5) is 28.5. The van der Waals surface area contributed by atoms with Crippen molar-refractivity contribution in [2.24, 2.45) is 5.92 Å². The maximum Gasteiger partial charge on any atom is 0.410 e. The van der Waals surface area contributed by atoms with E-state index in [4.69, 9.17) is 11.3 Å². The van der Waals surface area contributed by atoms with E-state index in [0.717, 1.165) is 11.8 Å². The largest absolute Gasteiger partial charge is 0.444 e. The average molecular weight is 300 g/mol. The van der Waals surface area contributed by atoms with Crippen LogP contribution in [0.15, 0.2) is 24.3 Å². The van der Waals surface area contributed by atoms with Crippen molar-refractivity contribution in [1.29, 1.82) is 0 Å². The van der Waals surface area contributed by atoms with E-state index >= 15 is 0 Å². The first kappa shape index (κ1) is 16.0. The maximum absolute atomic E-state index is 12.4. The molecule has 1 aliphatic heterocycles. The Morgan fingerprint density at radius 1 is 1.36 bits per heavy atom. The number of nitrogens with zero attached hydrogens (tertiary/aromatic N) is 2. The SMILES string of the molecule is [C-]#[N+]c1ccc(C2CC(C=O)CN2C(=O)OC(C)(C)C)cc1. The molecule has 0 spiro atoms. The molecule has 1 aromatic rings. The van der Waals surface area contributed by atoms with Crippen molar-refractivity contribution >= 4 is 18.1 Å². The third kappa shape index (κ3) is 3.64. The monoisotopic (exact) mass is 300 g/mol. The van der Waals surface area contributed by atoms with Gasteiger partial charge in [0.05, 0.1) is 12.6 Å². The Hall–Kier alpha value is -2.35. The average Bonchev–Trinajstić information content (AvgIpc) is 2.90. The summed E-state index contributed by atoms with van der Waals surface area (Å²) >= 11 is 0. The van der Waals surface area contributed by atoms with E-state index in [2.05, 4.69) is 4.85 Å². The minimum atomic E-state index is -0.575. The number of aldehydes is 1. The maximum atomic E-state index is 12.4. The topological polar surface area (TPSA) is 51.0 Å². The van der Waals surface area contributed by atoms with Gasteiger partial charge in [-0.15, -0.1) is 0 Å². The van der Waals surface area contributed by atoms with Crippen LogP contribution < -0.4 is 0 Å². The Kier molecular flexibility index (Phi) is 4.51. The van der Waals surface area contributed by atoms with Gasteiger partial charge >= 0.3 is 6.09 Å². The van der Waals surface area contributed by atoms with Gasteiger partial charge < -0.3 is 14.4 Å². The molecule has 0 bridgehead atoms. The van der Waals surface area contributed by atoms with Crippen molar-refractivity contribution in [2.75, 3.05) is 6.54 Å². The Balaban J connectivity index is 2.24. The normalized spacial score (nSPS) is 21.3. The highest BCUT2D eigenvalue weighted by molar-refractivity contribution is 5.71. The van der Waals surface area contributed by atoms with Gasteiger partial charge in [-0.1, -0.05) is 24.3 Å². The van der Waals surface area contributed by atoms with Gasteiger partial charge in [-0.2, -0.15) is 0 Å². The molecule has 1 amide bonds. The molecular weight excluding hydrogens is 280 g/mol. The minimum absolute atomic E-state index is 0.182. The summed E-state index contributed by atoms with van der Waals surface area (Å²) < 4.78 is 5.43. The van der Waals surface area contributed by atoms with E-state index in [1.54, 1.807) is 17.0 Å². The van der Waals surface area contributed by atoms with Crippen LogP contribution in [-0.2, 0) is 9.53 Å². The van der Waals surface area contributed by atoms with Gasteiger partial charge in [0, 0.05) is 12.5 Å². The van der Waals surface area contributed by atoms with Crippen molar-refractivity contribution < 1.29 is 14.3 Å². The number of carbonyl (C=O) groups is 2. The van der Waals surface area contributed by atoms with E-state index in [-0.39, 0.29) is 12.0 Å². The molecule has 1 aliphatic rings. The first-order chi connectivity index (χ1) is 10.3. The molecule has 0 N–H and O–H groups in total. The van der Waals surface area contributed by atoms with E-state index in [0.29, 0.717) is 18.7 Å². The number of likely N-dealkylation sites (tertiary alicyclic amines) is 1. The molecule has 2 atom stereocenters. The van der Waals surface area contributed by atoms with Crippen molar-refractivity contribution in [3.8, 4) is 0 Å². The number of hydrogen-bond donors (Lipinski definition) is 0. The third-order valence-corrected chi connectivity index (χ3v) is 3.56. The molecule has 22 heavy (non-hydrogen) atoms. The van der Waals surface area contributed by atoms with E-state index < -0.39 is 11.7 Å². The molecule has 0 aliphatic carbocycles. The molecule has 5 nitrogen and oxygen atoms in total. The zero-order valence-corrected chi connectivity index (χ0v) is 13.1. The van der Waals surface area contributed by atoms with E-state index in [1.165, 1.54) is 0 Å². The van der Waals surface area contributed by atoms with Gasteiger partial charge in [0.15, 0.2) is 5.69 Å². The highest BCUT2D eigenvalue weighted by atomic mass is 16.6. The first-order valence-corrected chi connectivity index (χ1v) is 7.26. The van der Waals surface area contributed by atoms with Crippen LogP contribution in [-0.4, -0.2) is 29.4 Å². The van der Waals surface area contributed by atoms with Crippen molar-refractivity contribution in [3.63, 3.8) is 0 Å². The highest BCUT2D eigenvalue weighted by Crippen LogP contribution is 2.36. The molecule has 116 valence electrons. The van der Waals surface area contributed by atoms with Crippen LogP contribution in [0.2, 0.25) is 0 Å². The molecule has 1 fully saturated rings. The van der Waals surface area contributed by atoms with Gasteiger partial charge in [-0.3, -0.25) is 0 Å². The Bertz CT molecular complexity index is 596. The van der Waals surface area contributed by atoms with Crippen molar-refractivity contribution in [2.45, 2.75) is 38.8 Å². The predicted octanol–water partition coefficient (Wildman–Crippen LogP) is 3.73. The summed E-state index contributed by atoms with van der Waals surface area (Å²) in [5, 5.41) is 0. The summed E-state index contributed by atoms with van der Waals surface area (Å²) in [6.07, 6.45) is 1.07. The highest BCUT2D eigenvalue weighted by Gasteiger charge is 2.38. The summed E-state index contributed by atoms with van der Waals surface area (Å²) in [7, 11) is 0. The number of amides is 1. The summed E-state index contributed by atoms with van der Waals surface area (Å²) in [5.41, 5.74) is 0.898. The van der Waals surface area contributed by atoms with Crippen LogP contribution in [0.1, 0.15) is 38.8 Å². The Morgan fingerprint density at radius 3 is 2.50 bits per heavy atom. The summed E-state index contributed by atoms with van der Waals surface area (Å²) in [5.74, 6) is -0.182. The van der Waals surface area contributed by atoms with Crippen LogP contribution in [0.4, 0.5) is 10.5 Å². The molecule has 1 saturated heterocycles. The second kappa shape index (κ2) is 6.18. The van der Waals surface area contributed by atoms with Crippen LogP contribution in [0.5, 0.6) is 0 Å². The number of rotatable bonds is 2. The Labute approximate surface area is 130 Å². The fourth-order valence-corrected chi connectivity index (χ4v) is 2.58. The molecule has 0 aromatic heterocycles. The first-order valence-electron chi connectivity index (χ1n) is 7.26. The zero-order chi connectivity index (χ0) is 16.3. The second-order valence-corrected chi connectivity index (χ2v) is 6.48. The molecule has 2 unspecified atom stereocenters. The van der Waals surface area contributed by atoms with Gasteiger partial charge in [-0.25, -0.2) is 9.64 Å². The number of hydrogen-bond acceptors (Lipinski definition) is 3. The zero-order valence-electron chi connectivity index (χ0n) is 13.1. The van der Waals surface area contributed by atoms with E-state index in [1.807, 2.05) is 32.9 Å². The van der Waals surface area contributed by atoms with Gasteiger partial charge in [0.25, 0.3) is 0 Å². The summed E-state index contributed by atoms with van der Waals surface area (Å²) in [6, 6.07) is 6.93. The molecule has 1 heterocycles. The van der Waals surface area contributed by atoms with Gasteiger partial charge in [-0.05, 0) is 32.8 Å². The quantitative estimate of drug-likeness (QED) is 0.617. The molecule has 1 aromatic carbocycles.